The van der Waals surface area contributed by atoms with E-state index >= 15 is 0 Å². The topological polar surface area (TPSA) is 71.3 Å². The van der Waals surface area contributed by atoms with Crippen LogP contribution >= 0.6 is 0 Å². The predicted molar refractivity (Wildman–Crippen MR) is 105 cm³/mol. The summed E-state index contributed by atoms with van der Waals surface area (Å²) in [5.74, 6) is 0.0909. The fourth-order valence-corrected chi connectivity index (χ4v) is 4.97. The maximum absolute atomic E-state index is 12.4. The van der Waals surface area contributed by atoms with Crippen LogP contribution in [0.1, 0.15) is 56.2 Å². The molecule has 2 N–H and O–H groups in total. The Morgan fingerprint density at radius 2 is 1.93 bits per heavy atom. The van der Waals surface area contributed by atoms with Crippen molar-refractivity contribution in [1.29, 1.82) is 0 Å². The van der Waals surface area contributed by atoms with E-state index in [4.69, 9.17) is 0 Å². The highest BCUT2D eigenvalue weighted by atomic mass is 16.4. The van der Waals surface area contributed by atoms with E-state index < -0.39 is 5.97 Å². The summed E-state index contributed by atoms with van der Waals surface area (Å²) in [6, 6.07) is 8.16. The highest BCUT2D eigenvalue weighted by Gasteiger charge is 2.27. The molecule has 5 nitrogen and oxygen atoms in total. The first-order chi connectivity index (χ1) is 13.1. The SMILES string of the molecule is O=C(O)Cn1c2c(c3ccccc31)C[C@@H](NC(=O)CCC1CCCC1)CC2. The Kier molecular flexibility index (Phi) is 5.19. The zero-order valence-corrected chi connectivity index (χ0v) is 15.7. The molecule has 1 heterocycles. The van der Waals surface area contributed by atoms with Crippen LogP contribution in [0.5, 0.6) is 0 Å². The summed E-state index contributed by atoms with van der Waals surface area (Å²) in [6.07, 6.45) is 9.32. The molecule has 2 aliphatic carbocycles. The van der Waals surface area contributed by atoms with Crippen molar-refractivity contribution in [1.82, 2.24) is 9.88 Å². The van der Waals surface area contributed by atoms with Crippen molar-refractivity contribution in [3.05, 3.63) is 35.5 Å². The molecule has 0 spiro atoms. The molecule has 5 heteroatoms. The van der Waals surface area contributed by atoms with Gasteiger partial charge in [-0.3, -0.25) is 9.59 Å². The van der Waals surface area contributed by atoms with Gasteiger partial charge in [-0.2, -0.15) is 0 Å². The molecule has 0 aliphatic heterocycles. The maximum Gasteiger partial charge on any atom is 0.323 e. The van der Waals surface area contributed by atoms with Crippen molar-refractivity contribution in [3.63, 3.8) is 0 Å². The third kappa shape index (κ3) is 3.87. The van der Waals surface area contributed by atoms with Crippen LogP contribution in [0.3, 0.4) is 0 Å². The average Bonchev–Trinajstić information content (AvgIpc) is 3.27. The molecular formula is C22H28N2O3. The summed E-state index contributed by atoms with van der Waals surface area (Å²) in [5, 5.41) is 13.6. The van der Waals surface area contributed by atoms with Gasteiger partial charge in [-0.1, -0.05) is 43.9 Å². The van der Waals surface area contributed by atoms with Gasteiger partial charge in [0.1, 0.15) is 6.54 Å². The van der Waals surface area contributed by atoms with Crippen LogP contribution in [0.25, 0.3) is 10.9 Å². The fraction of sp³-hybridized carbons (Fsp3) is 0.545. The van der Waals surface area contributed by atoms with E-state index in [9.17, 15) is 14.7 Å². The van der Waals surface area contributed by atoms with Crippen molar-refractivity contribution < 1.29 is 14.7 Å². The van der Waals surface area contributed by atoms with Gasteiger partial charge in [0.25, 0.3) is 0 Å². The third-order valence-electron chi connectivity index (χ3n) is 6.29. The first kappa shape index (κ1) is 18.1. The minimum absolute atomic E-state index is 0.00569. The van der Waals surface area contributed by atoms with Gasteiger partial charge in [0.15, 0.2) is 0 Å². The number of carboxylic acid groups (broad SMARTS) is 1. The average molecular weight is 368 g/mol. The Morgan fingerprint density at radius 1 is 1.15 bits per heavy atom. The maximum atomic E-state index is 12.4. The van der Waals surface area contributed by atoms with Gasteiger partial charge in [0, 0.05) is 29.1 Å². The van der Waals surface area contributed by atoms with E-state index in [0.29, 0.717) is 6.42 Å². The van der Waals surface area contributed by atoms with Gasteiger partial charge in [0.2, 0.25) is 5.91 Å². The normalized spacial score (nSPS) is 19.9. The van der Waals surface area contributed by atoms with Gasteiger partial charge in [-0.15, -0.1) is 0 Å². The summed E-state index contributed by atoms with van der Waals surface area (Å²) in [7, 11) is 0. The zero-order valence-electron chi connectivity index (χ0n) is 15.7. The van der Waals surface area contributed by atoms with Crippen LogP contribution in [-0.4, -0.2) is 27.6 Å². The molecule has 144 valence electrons. The summed E-state index contributed by atoms with van der Waals surface area (Å²) >= 11 is 0. The first-order valence-electron chi connectivity index (χ1n) is 10.2. The number of carbonyl (C=O) groups is 2. The monoisotopic (exact) mass is 368 g/mol. The Morgan fingerprint density at radius 3 is 2.70 bits per heavy atom. The number of nitrogens with one attached hydrogen (secondary N) is 1. The summed E-state index contributed by atoms with van der Waals surface area (Å²) in [4.78, 5) is 23.7. The van der Waals surface area contributed by atoms with Gasteiger partial charge < -0.3 is 15.0 Å². The van der Waals surface area contributed by atoms with Gasteiger partial charge in [0.05, 0.1) is 0 Å². The molecule has 1 aromatic carbocycles. The molecule has 1 fully saturated rings. The van der Waals surface area contributed by atoms with E-state index in [1.54, 1.807) is 0 Å². The molecule has 0 unspecified atom stereocenters. The Bertz CT molecular complexity index is 849. The van der Waals surface area contributed by atoms with Gasteiger partial charge in [-0.05, 0) is 43.2 Å². The summed E-state index contributed by atoms with van der Waals surface area (Å²) in [6.45, 7) is -0.00569. The van der Waals surface area contributed by atoms with Gasteiger partial charge >= 0.3 is 5.97 Å². The number of hydrogen-bond acceptors (Lipinski definition) is 2. The van der Waals surface area contributed by atoms with Crippen LogP contribution in [0.15, 0.2) is 24.3 Å². The number of aliphatic carboxylic acids is 1. The van der Waals surface area contributed by atoms with Gasteiger partial charge in [-0.25, -0.2) is 0 Å². The van der Waals surface area contributed by atoms with Crippen molar-refractivity contribution in [2.24, 2.45) is 5.92 Å². The highest BCUT2D eigenvalue weighted by molar-refractivity contribution is 5.87. The number of carboxylic acids is 1. The van der Waals surface area contributed by atoms with Crippen LogP contribution in [-0.2, 0) is 29.0 Å². The molecule has 27 heavy (non-hydrogen) atoms. The van der Waals surface area contributed by atoms with Crippen molar-refractivity contribution in [3.8, 4) is 0 Å². The number of benzene rings is 1. The number of hydrogen-bond donors (Lipinski definition) is 2. The Labute approximate surface area is 159 Å². The lowest BCUT2D eigenvalue weighted by molar-refractivity contribution is -0.137. The fourth-order valence-electron chi connectivity index (χ4n) is 4.97. The number of carbonyl (C=O) groups excluding carboxylic acids is 1. The van der Waals surface area contributed by atoms with Crippen molar-refractivity contribution >= 4 is 22.8 Å². The molecular weight excluding hydrogens is 340 g/mol. The lowest BCUT2D eigenvalue weighted by atomic mass is 9.91. The second-order valence-corrected chi connectivity index (χ2v) is 8.12. The lowest BCUT2D eigenvalue weighted by Gasteiger charge is -2.25. The molecule has 1 aromatic heterocycles. The quantitative estimate of drug-likeness (QED) is 0.817. The second kappa shape index (κ2) is 7.75. The van der Waals surface area contributed by atoms with Crippen LogP contribution < -0.4 is 5.32 Å². The molecule has 0 saturated heterocycles. The third-order valence-corrected chi connectivity index (χ3v) is 6.29. The minimum Gasteiger partial charge on any atom is -0.480 e. The first-order valence-corrected chi connectivity index (χ1v) is 10.2. The molecule has 1 amide bonds. The van der Waals surface area contributed by atoms with E-state index in [1.165, 1.54) is 31.2 Å². The number of rotatable bonds is 6. The number of nitrogens with zero attached hydrogens (tertiary/aromatic N) is 1. The predicted octanol–water partition coefficient (Wildman–Crippen LogP) is 3.67. The summed E-state index contributed by atoms with van der Waals surface area (Å²) in [5.41, 5.74) is 3.31. The van der Waals surface area contributed by atoms with Crippen LogP contribution in [0.4, 0.5) is 0 Å². The molecule has 0 bridgehead atoms. The van der Waals surface area contributed by atoms with Crippen molar-refractivity contribution in [2.75, 3.05) is 0 Å². The Hall–Kier alpha value is -2.30. The molecule has 2 aliphatic rings. The number of fused-ring (bicyclic) bond motifs is 3. The smallest absolute Gasteiger partial charge is 0.323 e. The van der Waals surface area contributed by atoms with E-state index in [0.717, 1.165) is 48.2 Å². The Balaban J connectivity index is 1.46. The van der Waals surface area contributed by atoms with Crippen LogP contribution in [0, 0.1) is 5.92 Å². The standard InChI is InChI=1S/C22H28N2O3/c25-21(12-9-15-5-1-2-6-15)23-16-10-11-20-18(13-16)17-7-3-4-8-19(17)24(20)14-22(26)27/h3-4,7-8,15-16H,1-2,5-6,9-14H2,(H,23,25)(H,26,27)/t16-/m0/s1. The number of amides is 1. The number of para-hydroxylation sites is 1. The molecule has 1 saturated carbocycles. The second-order valence-electron chi connectivity index (χ2n) is 8.12. The minimum atomic E-state index is -0.819. The van der Waals surface area contributed by atoms with E-state index in [-0.39, 0.29) is 18.5 Å². The summed E-state index contributed by atoms with van der Waals surface area (Å²) < 4.78 is 1.94. The molecule has 2 aromatic rings. The largest absolute Gasteiger partial charge is 0.480 e. The van der Waals surface area contributed by atoms with E-state index in [1.807, 2.05) is 22.8 Å². The lowest BCUT2D eigenvalue weighted by Crippen LogP contribution is -2.39. The molecule has 1 atom stereocenters. The van der Waals surface area contributed by atoms with Crippen LogP contribution in [0.2, 0.25) is 0 Å². The zero-order chi connectivity index (χ0) is 18.8. The number of aromatic nitrogens is 1. The molecule has 4 rings (SSSR count). The highest BCUT2D eigenvalue weighted by Crippen LogP contribution is 2.32. The van der Waals surface area contributed by atoms with Crippen molar-refractivity contribution in [2.45, 2.75) is 70.4 Å². The molecule has 0 radical (unpaired) electrons. The van der Waals surface area contributed by atoms with E-state index in [2.05, 4.69) is 11.4 Å².